The number of nitrogens with one attached hydrogen (secondary N) is 1. The molecule has 1 N–H and O–H groups in total. The zero-order valence-electron chi connectivity index (χ0n) is 12.6. The zero-order valence-corrected chi connectivity index (χ0v) is 12.6. The maximum absolute atomic E-state index is 5.74. The third-order valence-electron chi connectivity index (χ3n) is 4.15. The van der Waals surface area contributed by atoms with Gasteiger partial charge in [-0.05, 0) is 49.9 Å². The first kappa shape index (κ1) is 14.4. The average Bonchev–Trinajstić information content (AvgIpc) is 3.04. The summed E-state index contributed by atoms with van der Waals surface area (Å²) in [6.45, 7) is 4.05. The molecule has 1 aromatic carbocycles. The van der Waals surface area contributed by atoms with Crippen molar-refractivity contribution in [2.45, 2.75) is 44.8 Å². The zero-order chi connectivity index (χ0) is 14.5. The molecule has 2 aromatic rings. The third-order valence-corrected chi connectivity index (χ3v) is 4.15. The van der Waals surface area contributed by atoms with Crippen molar-refractivity contribution in [3.63, 3.8) is 0 Å². The van der Waals surface area contributed by atoms with Crippen LogP contribution in [0.5, 0.6) is 0 Å². The number of rotatable bonds is 6. The summed E-state index contributed by atoms with van der Waals surface area (Å²) in [6.07, 6.45) is 8.58. The summed E-state index contributed by atoms with van der Waals surface area (Å²) >= 11 is 0. The van der Waals surface area contributed by atoms with Crippen molar-refractivity contribution in [2.75, 3.05) is 13.2 Å². The fraction of sp³-hybridized carbons (Fsp3) is 0.529. The summed E-state index contributed by atoms with van der Waals surface area (Å²) in [5.41, 5.74) is 3.22. The lowest BCUT2D eigenvalue weighted by Gasteiger charge is -2.20. The monoisotopic (exact) mass is 285 g/mol. The van der Waals surface area contributed by atoms with E-state index in [4.69, 9.17) is 4.74 Å². The first-order chi connectivity index (χ1) is 10.4. The molecule has 0 spiro atoms. The van der Waals surface area contributed by atoms with Crippen LogP contribution in [0.15, 0.2) is 30.6 Å². The van der Waals surface area contributed by atoms with E-state index in [2.05, 4.69) is 40.4 Å². The standard InChI is InChI=1S/C17H23N3O/c1-2-18-15(8-6-14-4-3-11-21-14)13-5-7-16-17(12-13)20-10-9-19-16/h5,7,9-10,12,14-15,18H,2-4,6,8,11H2,1H3. The van der Waals surface area contributed by atoms with Crippen LogP contribution in [-0.2, 0) is 4.74 Å². The number of hydrogen-bond acceptors (Lipinski definition) is 4. The maximum atomic E-state index is 5.74. The van der Waals surface area contributed by atoms with Crippen LogP contribution < -0.4 is 5.32 Å². The highest BCUT2D eigenvalue weighted by molar-refractivity contribution is 5.74. The van der Waals surface area contributed by atoms with E-state index in [0.717, 1.165) is 37.0 Å². The molecule has 4 heteroatoms. The summed E-state index contributed by atoms with van der Waals surface area (Å²) in [6, 6.07) is 6.75. The van der Waals surface area contributed by atoms with Crippen LogP contribution in [0.25, 0.3) is 11.0 Å². The largest absolute Gasteiger partial charge is 0.378 e. The Morgan fingerprint density at radius 1 is 1.29 bits per heavy atom. The van der Waals surface area contributed by atoms with Crippen molar-refractivity contribution in [2.24, 2.45) is 0 Å². The lowest BCUT2D eigenvalue weighted by Crippen LogP contribution is -2.22. The highest BCUT2D eigenvalue weighted by Crippen LogP contribution is 2.25. The highest BCUT2D eigenvalue weighted by atomic mass is 16.5. The summed E-state index contributed by atoms with van der Waals surface area (Å²) in [5.74, 6) is 0. The molecule has 2 heterocycles. The smallest absolute Gasteiger partial charge is 0.0890 e. The number of benzene rings is 1. The molecule has 1 aliphatic rings. The van der Waals surface area contributed by atoms with Crippen molar-refractivity contribution in [1.82, 2.24) is 15.3 Å². The van der Waals surface area contributed by atoms with Gasteiger partial charge in [-0.3, -0.25) is 9.97 Å². The van der Waals surface area contributed by atoms with Crippen LogP contribution in [0.1, 0.15) is 44.2 Å². The molecule has 1 aromatic heterocycles. The van der Waals surface area contributed by atoms with Gasteiger partial charge in [-0.2, -0.15) is 0 Å². The van der Waals surface area contributed by atoms with E-state index in [0.29, 0.717) is 12.1 Å². The topological polar surface area (TPSA) is 47.0 Å². The molecule has 0 aliphatic carbocycles. The Morgan fingerprint density at radius 2 is 2.14 bits per heavy atom. The van der Waals surface area contributed by atoms with Crippen LogP contribution in [0.2, 0.25) is 0 Å². The van der Waals surface area contributed by atoms with Gasteiger partial charge in [-0.15, -0.1) is 0 Å². The van der Waals surface area contributed by atoms with E-state index in [-0.39, 0.29) is 0 Å². The van der Waals surface area contributed by atoms with Crippen molar-refractivity contribution in [3.05, 3.63) is 36.2 Å². The number of ether oxygens (including phenoxy) is 1. The summed E-state index contributed by atoms with van der Waals surface area (Å²) in [4.78, 5) is 8.74. The number of fused-ring (bicyclic) bond motifs is 1. The Labute approximate surface area is 125 Å². The van der Waals surface area contributed by atoms with Gasteiger partial charge in [0.15, 0.2) is 0 Å². The van der Waals surface area contributed by atoms with E-state index in [1.807, 2.05) is 0 Å². The molecule has 0 radical (unpaired) electrons. The Hall–Kier alpha value is -1.52. The van der Waals surface area contributed by atoms with E-state index in [1.165, 1.54) is 18.4 Å². The quantitative estimate of drug-likeness (QED) is 0.885. The Bertz CT molecular complexity index is 581. The Balaban J connectivity index is 1.74. The number of aromatic nitrogens is 2. The molecule has 2 atom stereocenters. The fourth-order valence-electron chi connectivity index (χ4n) is 3.05. The van der Waals surface area contributed by atoms with E-state index in [1.54, 1.807) is 12.4 Å². The van der Waals surface area contributed by atoms with Gasteiger partial charge in [0.1, 0.15) is 0 Å². The van der Waals surface area contributed by atoms with Crippen molar-refractivity contribution < 1.29 is 4.74 Å². The Morgan fingerprint density at radius 3 is 2.90 bits per heavy atom. The lowest BCUT2D eigenvalue weighted by molar-refractivity contribution is 0.0996. The summed E-state index contributed by atoms with van der Waals surface area (Å²) in [7, 11) is 0. The second-order valence-electron chi connectivity index (χ2n) is 5.63. The van der Waals surface area contributed by atoms with E-state index >= 15 is 0 Å². The van der Waals surface area contributed by atoms with Gasteiger partial charge in [0.2, 0.25) is 0 Å². The van der Waals surface area contributed by atoms with Crippen LogP contribution in [0, 0.1) is 0 Å². The van der Waals surface area contributed by atoms with Crippen molar-refractivity contribution in [1.29, 1.82) is 0 Å². The van der Waals surface area contributed by atoms with Crippen molar-refractivity contribution in [3.8, 4) is 0 Å². The molecule has 0 amide bonds. The maximum Gasteiger partial charge on any atom is 0.0890 e. The second kappa shape index (κ2) is 6.96. The van der Waals surface area contributed by atoms with Gasteiger partial charge in [-0.25, -0.2) is 0 Å². The summed E-state index contributed by atoms with van der Waals surface area (Å²) < 4.78 is 5.74. The van der Waals surface area contributed by atoms with Crippen molar-refractivity contribution >= 4 is 11.0 Å². The molecule has 0 bridgehead atoms. The van der Waals surface area contributed by atoms with Crippen LogP contribution >= 0.6 is 0 Å². The van der Waals surface area contributed by atoms with E-state index < -0.39 is 0 Å². The normalized spacial score (nSPS) is 20.0. The Kier molecular flexibility index (Phi) is 4.78. The average molecular weight is 285 g/mol. The van der Waals surface area contributed by atoms with Crippen LogP contribution in [0.3, 0.4) is 0 Å². The predicted molar refractivity (Wildman–Crippen MR) is 84.2 cm³/mol. The minimum Gasteiger partial charge on any atom is -0.378 e. The number of nitrogens with zero attached hydrogens (tertiary/aromatic N) is 2. The molecular weight excluding hydrogens is 262 g/mol. The number of hydrogen-bond donors (Lipinski definition) is 1. The van der Waals surface area contributed by atoms with Gasteiger partial charge in [0, 0.05) is 25.0 Å². The molecule has 3 rings (SSSR count). The summed E-state index contributed by atoms with van der Waals surface area (Å²) in [5, 5.41) is 3.58. The van der Waals surface area contributed by atoms with Gasteiger partial charge >= 0.3 is 0 Å². The SMILES string of the molecule is CCNC(CCC1CCCO1)c1ccc2nccnc2c1. The fourth-order valence-corrected chi connectivity index (χ4v) is 3.05. The minimum absolute atomic E-state index is 0.366. The highest BCUT2D eigenvalue weighted by Gasteiger charge is 2.18. The predicted octanol–water partition coefficient (Wildman–Crippen LogP) is 3.24. The molecular formula is C17H23N3O. The van der Waals surface area contributed by atoms with Gasteiger partial charge in [-0.1, -0.05) is 13.0 Å². The molecule has 112 valence electrons. The lowest BCUT2D eigenvalue weighted by atomic mass is 9.98. The molecule has 2 unspecified atom stereocenters. The first-order valence-electron chi connectivity index (χ1n) is 7.92. The van der Waals surface area contributed by atoms with Crippen LogP contribution in [-0.4, -0.2) is 29.2 Å². The molecule has 21 heavy (non-hydrogen) atoms. The molecule has 1 saturated heterocycles. The molecule has 1 aliphatic heterocycles. The second-order valence-corrected chi connectivity index (χ2v) is 5.63. The third kappa shape index (κ3) is 3.57. The van der Waals surface area contributed by atoms with Crippen LogP contribution in [0.4, 0.5) is 0 Å². The first-order valence-corrected chi connectivity index (χ1v) is 7.92. The van der Waals surface area contributed by atoms with Gasteiger partial charge in [0.05, 0.1) is 17.1 Å². The van der Waals surface area contributed by atoms with Gasteiger partial charge < -0.3 is 10.1 Å². The minimum atomic E-state index is 0.366. The molecule has 0 saturated carbocycles. The molecule has 4 nitrogen and oxygen atoms in total. The van der Waals surface area contributed by atoms with Gasteiger partial charge in [0.25, 0.3) is 0 Å². The van der Waals surface area contributed by atoms with E-state index in [9.17, 15) is 0 Å². The molecule has 1 fully saturated rings.